The van der Waals surface area contributed by atoms with Gasteiger partial charge < -0.3 is 14.4 Å². The fourth-order valence-electron chi connectivity index (χ4n) is 3.37. The summed E-state index contributed by atoms with van der Waals surface area (Å²) in [6.45, 7) is 1.14. The van der Waals surface area contributed by atoms with Gasteiger partial charge in [0.05, 0.1) is 19.8 Å². The lowest BCUT2D eigenvalue weighted by Gasteiger charge is -2.30. The Bertz CT molecular complexity index is 971. The summed E-state index contributed by atoms with van der Waals surface area (Å²) in [6, 6.07) is 11.2. The molecule has 2 heterocycles. The van der Waals surface area contributed by atoms with Crippen LogP contribution in [-0.4, -0.2) is 52.2 Å². The van der Waals surface area contributed by atoms with Crippen molar-refractivity contribution in [2.24, 2.45) is 0 Å². The number of aromatic amines is 1. The van der Waals surface area contributed by atoms with Gasteiger partial charge in [0.2, 0.25) is 5.82 Å². The minimum atomic E-state index is -0.0594. The Balaban J connectivity index is 1.64. The second kappa shape index (κ2) is 7.06. The van der Waals surface area contributed by atoms with Crippen LogP contribution in [0.25, 0.3) is 11.4 Å². The zero-order chi connectivity index (χ0) is 18.8. The Morgan fingerprint density at radius 3 is 2.56 bits per heavy atom. The largest absolute Gasteiger partial charge is 0.493 e. The van der Waals surface area contributed by atoms with E-state index in [1.165, 1.54) is 5.56 Å². The van der Waals surface area contributed by atoms with Crippen LogP contribution in [0.2, 0.25) is 0 Å². The molecular weight excluding hydrogens is 346 g/mol. The minimum absolute atomic E-state index is 0.0594. The molecule has 0 bridgehead atoms. The molecule has 0 saturated heterocycles. The van der Waals surface area contributed by atoms with Crippen molar-refractivity contribution in [2.45, 2.75) is 13.0 Å². The van der Waals surface area contributed by atoms with E-state index in [9.17, 15) is 4.79 Å². The third-order valence-electron chi connectivity index (χ3n) is 4.75. The Morgan fingerprint density at radius 2 is 1.85 bits per heavy atom. The van der Waals surface area contributed by atoms with Gasteiger partial charge in [-0.05, 0) is 41.0 Å². The molecule has 0 spiro atoms. The Morgan fingerprint density at radius 1 is 1.11 bits per heavy atom. The van der Waals surface area contributed by atoms with Crippen molar-refractivity contribution in [3.8, 4) is 22.9 Å². The number of hydrogen-bond acceptors (Lipinski definition) is 6. The van der Waals surface area contributed by atoms with Crippen LogP contribution in [0.1, 0.15) is 21.5 Å². The highest BCUT2D eigenvalue weighted by Gasteiger charge is 2.26. The van der Waals surface area contributed by atoms with Gasteiger partial charge in [-0.2, -0.15) is 5.21 Å². The minimum Gasteiger partial charge on any atom is -0.493 e. The standard InChI is InChI=1S/C19H19N5O3/c1-26-16-9-12-7-8-24(11-13(12)10-17(16)27-2)19(25)15-6-4-3-5-14(15)18-20-22-23-21-18/h3-6,9-10H,7-8,11H2,1-2H3,(H,20,21,22,23). The predicted octanol–water partition coefficient (Wildman–Crippen LogP) is 2.08. The van der Waals surface area contributed by atoms with Gasteiger partial charge in [0.1, 0.15) is 0 Å². The number of aromatic nitrogens is 4. The quantitative estimate of drug-likeness (QED) is 0.761. The maximum Gasteiger partial charge on any atom is 0.254 e. The lowest BCUT2D eigenvalue weighted by molar-refractivity contribution is 0.0735. The molecule has 2 aromatic carbocycles. The number of carbonyl (C=O) groups is 1. The van der Waals surface area contributed by atoms with Gasteiger partial charge in [0.25, 0.3) is 5.91 Å². The van der Waals surface area contributed by atoms with Crippen molar-refractivity contribution in [3.05, 3.63) is 53.1 Å². The van der Waals surface area contributed by atoms with Gasteiger partial charge in [-0.1, -0.05) is 18.2 Å². The number of methoxy groups -OCH3 is 2. The zero-order valence-corrected chi connectivity index (χ0v) is 15.1. The highest BCUT2D eigenvalue weighted by molar-refractivity contribution is 6.00. The topological polar surface area (TPSA) is 93.2 Å². The molecule has 8 heteroatoms. The molecule has 27 heavy (non-hydrogen) atoms. The van der Waals surface area contributed by atoms with Gasteiger partial charge in [0, 0.05) is 18.7 Å². The molecule has 1 aromatic heterocycles. The van der Waals surface area contributed by atoms with Crippen molar-refractivity contribution in [2.75, 3.05) is 20.8 Å². The number of carbonyl (C=O) groups excluding carboxylic acids is 1. The number of nitrogens with one attached hydrogen (secondary N) is 1. The highest BCUT2D eigenvalue weighted by atomic mass is 16.5. The first-order chi connectivity index (χ1) is 13.2. The Kier molecular flexibility index (Phi) is 4.45. The molecular formula is C19H19N5O3. The normalized spacial score (nSPS) is 13.2. The van der Waals surface area contributed by atoms with Crippen LogP contribution >= 0.6 is 0 Å². The maximum atomic E-state index is 13.2. The molecule has 1 aliphatic rings. The number of amides is 1. The highest BCUT2D eigenvalue weighted by Crippen LogP contribution is 2.34. The lowest BCUT2D eigenvalue weighted by atomic mass is 9.97. The third-order valence-corrected chi connectivity index (χ3v) is 4.75. The summed E-state index contributed by atoms with van der Waals surface area (Å²) in [7, 11) is 3.23. The van der Waals surface area contributed by atoms with Crippen molar-refractivity contribution in [1.82, 2.24) is 25.5 Å². The van der Waals surface area contributed by atoms with Crippen molar-refractivity contribution in [3.63, 3.8) is 0 Å². The van der Waals surface area contributed by atoms with Crippen molar-refractivity contribution >= 4 is 5.91 Å². The first kappa shape index (κ1) is 17.0. The van der Waals surface area contributed by atoms with Crippen LogP contribution < -0.4 is 9.47 Å². The smallest absolute Gasteiger partial charge is 0.254 e. The Labute approximate surface area is 156 Å². The summed E-state index contributed by atoms with van der Waals surface area (Å²) in [5.74, 6) is 1.72. The lowest BCUT2D eigenvalue weighted by Crippen LogP contribution is -2.36. The number of ether oxygens (including phenoxy) is 2. The fourth-order valence-corrected chi connectivity index (χ4v) is 3.37. The summed E-state index contributed by atoms with van der Waals surface area (Å²) in [5, 5.41) is 14.0. The third kappa shape index (κ3) is 3.10. The molecule has 0 aliphatic carbocycles. The van der Waals surface area contributed by atoms with Crippen LogP contribution in [0.15, 0.2) is 36.4 Å². The molecule has 0 fully saturated rings. The summed E-state index contributed by atoms with van der Waals surface area (Å²) < 4.78 is 10.8. The van der Waals surface area contributed by atoms with E-state index in [1.54, 1.807) is 20.3 Å². The number of H-pyrrole nitrogens is 1. The number of tetrazole rings is 1. The second-order valence-corrected chi connectivity index (χ2v) is 6.23. The first-order valence-electron chi connectivity index (χ1n) is 8.57. The number of rotatable bonds is 4. The van der Waals surface area contributed by atoms with Gasteiger partial charge in [0.15, 0.2) is 11.5 Å². The van der Waals surface area contributed by atoms with Gasteiger partial charge in [-0.25, -0.2) is 0 Å². The molecule has 8 nitrogen and oxygen atoms in total. The van der Waals surface area contributed by atoms with E-state index >= 15 is 0 Å². The summed E-state index contributed by atoms with van der Waals surface area (Å²) in [4.78, 5) is 15.0. The van der Waals surface area contributed by atoms with Crippen molar-refractivity contribution in [1.29, 1.82) is 0 Å². The van der Waals surface area contributed by atoms with Crippen LogP contribution in [0.5, 0.6) is 11.5 Å². The molecule has 1 N–H and O–H groups in total. The fraction of sp³-hybridized carbons (Fsp3) is 0.263. The van der Waals surface area contributed by atoms with Crippen LogP contribution in [0, 0.1) is 0 Å². The van der Waals surface area contributed by atoms with E-state index in [0.29, 0.717) is 41.5 Å². The molecule has 138 valence electrons. The van der Waals surface area contributed by atoms with E-state index < -0.39 is 0 Å². The van der Waals surface area contributed by atoms with E-state index in [1.807, 2.05) is 35.2 Å². The molecule has 0 unspecified atom stereocenters. The van der Waals surface area contributed by atoms with Crippen LogP contribution in [-0.2, 0) is 13.0 Å². The molecule has 0 atom stereocenters. The SMILES string of the molecule is COc1cc2c(cc1OC)CN(C(=O)c1ccccc1-c1nn[nH]n1)CC2. The van der Waals surface area contributed by atoms with Gasteiger partial charge in [-0.3, -0.25) is 4.79 Å². The average molecular weight is 365 g/mol. The van der Waals surface area contributed by atoms with Crippen LogP contribution in [0.4, 0.5) is 0 Å². The predicted molar refractivity (Wildman–Crippen MR) is 97.6 cm³/mol. The molecule has 3 aromatic rings. The summed E-state index contributed by atoms with van der Waals surface area (Å²) >= 11 is 0. The van der Waals surface area contributed by atoms with Gasteiger partial charge in [-0.15, -0.1) is 10.2 Å². The molecule has 4 rings (SSSR count). The first-order valence-corrected chi connectivity index (χ1v) is 8.57. The van der Waals surface area contributed by atoms with Gasteiger partial charge >= 0.3 is 0 Å². The molecule has 0 radical (unpaired) electrons. The van der Waals surface area contributed by atoms with E-state index in [4.69, 9.17) is 9.47 Å². The number of hydrogen-bond donors (Lipinski definition) is 1. The number of benzene rings is 2. The van der Waals surface area contributed by atoms with E-state index in [-0.39, 0.29) is 5.91 Å². The summed E-state index contributed by atoms with van der Waals surface area (Å²) in [6.07, 6.45) is 0.756. The molecule has 0 saturated carbocycles. The van der Waals surface area contributed by atoms with E-state index in [0.717, 1.165) is 12.0 Å². The summed E-state index contributed by atoms with van der Waals surface area (Å²) in [5.41, 5.74) is 3.45. The molecule has 1 aliphatic heterocycles. The second-order valence-electron chi connectivity index (χ2n) is 6.23. The zero-order valence-electron chi connectivity index (χ0n) is 15.1. The maximum absolute atomic E-state index is 13.2. The number of fused-ring (bicyclic) bond motifs is 1. The monoisotopic (exact) mass is 365 g/mol. The average Bonchev–Trinajstić information content (AvgIpc) is 3.26. The number of nitrogens with zero attached hydrogens (tertiary/aromatic N) is 4. The Hall–Kier alpha value is -3.42. The van der Waals surface area contributed by atoms with E-state index in [2.05, 4.69) is 20.6 Å². The van der Waals surface area contributed by atoms with Crippen molar-refractivity contribution < 1.29 is 14.3 Å². The van der Waals surface area contributed by atoms with Crippen LogP contribution in [0.3, 0.4) is 0 Å². The molecule has 1 amide bonds.